The molecule has 1 saturated heterocycles. The molecule has 2 unspecified atom stereocenters. The number of anilines is 1. The molecule has 3 nitrogen and oxygen atoms in total. The van der Waals surface area contributed by atoms with Crippen LogP contribution in [-0.4, -0.2) is 25.2 Å². The van der Waals surface area contributed by atoms with Gasteiger partial charge in [-0.15, -0.1) is 0 Å². The summed E-state index contributed by atoms with van der Waals surface area (Å²) < 4.78 is 1.10. The lowest BCUT2D eigenvalue weighted by atomic mass is 10.1. The number of hydrogen-bond donors (Lipinski definition) is 1. The first-order valence-corrected chi connectivity index (χ1v) is 7.54. The van der Waals surface area contributed by atoms with Gasteiger partial charge in [0.15, 0.2) is 0 Å². The fourth-order valence-corrected chi connectivity index (χ4v) is 3.09. The molecule has 4 heteroatoms. The predicted octanol–water partition coefficient (Wildman–Crippen LogP) is 3.23. The second-order valence-corrected chi connectivity index (χ2v) is 6.15. The lowest BCUT2D eigenvalue weighted by Crippen LogP contribution is -2.40. The van der Waals surface area contributed by atoms with Gasteiger partial charge in [0.1, 0.15) is 0 Å². The first-order valence-electron chi connectivity index (χ1n) is 6.75. The molecule has 102 valence electrons. The van der Waals surface area contributed by atoms with E-state index in [1.165, 1.54) is 11.3 Å². The molecule has 1 aliphatic heterocycles. The Morgan fingerprint density at radius 1 is 1.53 bits per heavy atom. The van der Waals surface area contributed by atoms with Crippen molar-refractivity contribution in [1.29, 1.82) is 5.26 Å². The molecule has 1 aromatic rings. The third-order valence-electron chi connectivity index (χ3n) is 3.74. The second-order valence-electron chi connectivity index (χ2n) is 5.24. The number of nitrogens with one attached hydrogen (secondary N) is 1. The molecule has 0 aromatic heterocycles. The highest BCUT2D eigenvalue weighted by molar-refractivity contribution is 9.10. The smallest absolute Gasteiger partial charge is 0.0643 e. The first kappa shape index (κ1) is 14.4. The minimum atomic E-state index is 0.259. The Morgan fingerprint density at radius 3 is 3.00 bits per heavy atom. The summed E-state index contributed by atoms with van der Waals surface area (Å²) in [5, 5.41) is 12.6. The molecular weight excluding hydrogens is 302 g/mol. The normalized spacial score (nSPS) is 23.8. The van der Waals surface area contributed by atoms with Crippen molar-refractivity contribution in [3.63, 3.8) is 0 Å². The fourth-order valence-electron chi connectivity index (χ4n) is 2.61. The Hall–Kier alpha value is -1.05. The highest BCUT2D eigenvalue weighted by Crippen LogP contribution is 2.27. The number of benzene rings is 1. The summed E-state index contributed by atoms with van der Waals surface area (Å²) in [5.74, 6) is 0. The van der Waals surface area contributed by atoms with Crippen molar-refractivity contribution in [3.8, 4) is 6.07 Å². The Bertz CT molecular complexity index is 481. The topological polar surface area (TPSA) is 39.1 Å². The van der Waals surface area contributed by atoms with E-state index in [0.717, 1.165) is 24.0 Å². The molecule has 2 atom stereocenters. The van der Waals surface area contributed by atoms with Crippen LogP contribution in [0.15, 0.2) is 22.7 Å². The Balaban J connectivity index is 2.29. The average Bonchev–Trinajstić information content (AvgIpc) is 2.54. The number of halogens is 1. The Kier molecular flexibility index (Phi) is 4.84. The van der Waals surface area contributed by atoms with Crippen LogP contribution in [0.1, 0.15) is 25.3 Å². The van der Waals surface area contributed by atoms with E-state index < -0.39 is 0 Å². The summed E-state index contributed by atoms with van der Waals surface area (Å²) in [7, 11) is 0. The van der Waals surface area contributed by atoms with Crippen LogP contribution in [0.2, 0.25) is 0 Å². The van der Waals surface area contributed by atoms with E-state index in [2.05, 4.69) is 64.3 Å². The zero-order valence-electron chi connectivity index (χ0n) is 11.5. The largest absolute Gasteiger partial charge is 0.366 e. The van der Waals surface area contributed by atoms with E-state index in [1.54, 1.807) is 0 Å². The minimum Gasteiger partial charge on any atom is -0.366 e. The van der Waals surface area contributed by atoms with E-state index in [-0.39, 0.29) is 6.04 Å². The Morgan fingerprint density at radius 2 is 2.32 bits per heavy atom. The number of aryl methyl sites for hydroxylation is 1. The van der Waals surface area contributed by atoms with Gasteiger partial charge in [-0.25, -0.2) is 0 Å². The summed E-state index contributed by atoms with van der Waals surface area (Å²) >= 11 is 3.51. The molecule has 0 aliphatic carbocycles. The van der Waals surface area contributed by atoms with Crippen molar-refractivity contribution >= 4 is 21.6 Å². The van der Waals surface area contributed by atoms with Crippen LogP contribution in [0, 0.1) is 18.3 Å². The minimum absolute atomic E-state index is 0.259. The molecule has 2 rings (SSSR count). The van der Waals surface area contributed by atoms with E-state index >= 15 is 0 Å². The zero-order chi connectivity index (χ0) is 13.8. The van der Waals surface area contributed by atoms with Crippen LogP contribution >= 0.6 is 15.9 Å². The van der Waals surface area contributed by atoms with Gasteiger partial charge in [0.2, 0.25) is 0 Å². The first-order chi connectivity index (χ1) is 9.11. The van der Waals surface area contributed by atoms with Crippen LogP contribution in [0.3, 0.4) is 0 Å². The number of hydrogen-bond acceptors (Lipinski definition) is 3. The van der Waals surface area contributed by atoms with Gasteiger partial charge in [-0.1, -0.05) is 15.9 Å². The molecular formula is C15H20BrN3. The maximum atomic E-state index is 9.04. The van der Waals surface area contributed by atoms with Gasteiger partial charge < -0.3 is 10.2 Å². The second kappa shape index (κ2) is 6.40. The van der Waals surface area contributed by atoms with Gasteiger partial charge in [-0.05, 0) is 44.0 Å². The number of rotatable bonds is 2. The van der Waals surface area contributed by atoms with Gasteiger partial charge in [0.05, 0.1) is 18.5 Å². The zero-order valence-corrected chi connectivity index (χ0v) is 13.1. The highest BCUT2D eigenvalue weighted by Gasteiger charge is 2.24. The lowest BCUT2D eigenvalue weighted by molar-refractivity contribution is 0.538. The summed E-state index contributed by atoms with van der Waals surface area (Å²) in [6.45, 7) is 6.22. The number of nitrogens with zero attached hydrogens (tertiary/aromatic N) is 2. The summed E-state index contributed by atoms with van der Waals surface area (Å²) in [4.78, 5) is 2.39. The SMILES string of the molecule is Cc1cc(Br)ccc1N1CCC(C)NCC1CC#N. The predicted molar refractivity (Wildman–Crippen MR) is 82.3 cm³/mol. The van der Waals surface area contributed by atoms with E-state index in [1.807, 2.05) is 0 Å². The molecule has 0 bridgehead atoms. The maximum absolute atomic E-state index is 9.04. The molecule has 0 radical (unpaired) electrons. The van der Waals surface area contributed by atoms with Crippen LogP contribution in [0.5, 0.6) is 0 Å². The van der Waals surface area contributed by atoms with Crippen molar-refractivity contribution in [3.05, 3.63) is 28.2 Å². The third kappa shape index (κ3) is 3.49. The van der Waals surface area contributed by atoms with Gasteiger partial charge >= 0.3 is 0 Å². The lowest BCUT2D eigenvalue weighted by Gasteiger charge is -2.31. The fraction of sp³-hybridized carbons (Fsp3) is 0.533. The number of nitriles is 1. The van der Waals surface area contributed by atoms with Crippen molar-refractivity contribution in [2.75, 3.05) is 18.0 Å². The molecule has 0 saturated carbocycles. The molecule has 0 spiro atoms. The molecule has 0 amide bonds. The molecule has 1 fully saturated rings. The van der Waals surface area contributed by atoms with Crippen molar-refractivity contribution in [1.82, 2.24) is 5.32 Å². The Labute approximate surface area is 123 Å². The van der Waals surface area contributed by atoms with Crippen LogP contribution in [-0.2, 0) is 0 Å². The molecule has 1 N–H and O–H groups in total. The van der Waals surface area contributed by atoms with Gasteiger partial charge in [0, 0.05) is 29.3 Å². The molecule has 1 aliphatic rings. The van der Waals surface area contributed by atoms with Crippen LogP contribution in [0.25, 0.3) is 0 Å². The summed E-state index contributed by atoms with van der Waals surface area (Å²) in [6.07, 6.45) is 1.67. The van der Waals surface area contributed by atoms with Crippen LogP contribution in [0.4, 0.5) is 5.69 Å². The van der Waals surface area contributed by atoms with Crippen molar-refractivity contribution < 1.29 is 0 Å². The average molecular weight is 322 g/mol. The monoisotopic (exact) mass is 321 g/mol. The van der Waals surface area contributed by atoms with E-state index in [9.17, 15) is 0 Å². The molecule has 1 aromatic carbocycles. The van der Waals surface area contributed by atoms with Crippen molar-refractivity contribution in [2.45, 2.75) is 38.8 Å². The van der Waals surface area contributed by atoms with Gasteiger partial charge in [-0.3, -0.25) is 0 Å². The molecule has 1 heterocycles. The quantitative estimate of drug-likeness (QED) is 0.909. The van der Waals surface area contributed by atoms with E-state index in [4.69, 9.17) is 5.26 Å². The van der Waals surface area contributed by atoms with E-state index in [0.29, 0.717) is 12.5 Å². The van der Waals surface area contributed by atoms with Gasteiger partial charge in [0.25, 0.3) is 0 Å². The summed E-state index contributed by atoms with van der Waals surface area (Å²) in [6, 6.07) is 9.46. The third-order valence-corrected chi connectivity index (χ3v) is 4.23. The standard InChI is InChI=1S/C15H20BrN3/c1-11-9-13(16)3-4-15(11)19-8-6-12(2)18-10-14(19)5-7-17/h3-4,9,12,14,18H,5-6,8,10H2,1-2H3. The highest BCUT2D eigenvalue weighted by atomic mass is 79.9. The summed E-state index contributed by atoms with van der Waals surface area (Å²) in [5.41, 5.74) is 2.51. The van der Waals surface area contributed by atoms with Crippen molar-refractivity contribution in [2.24, 2.45) is 0 Å². The maximum Gasteiger partial charge on any atom is 0.0643 e. The molecule has 19 heavy (non-hydrogen) atoms. The van der Waals surface area contributed by atoms with Crippen LogP contribution < -0.4 is 10.2 Å². The van der Waals surface area contributed by atoms with Gasteiger partial charge in [-0.2, -0.15) is 5.26 Å².